The number of carboxylic acids is 1. The lowest BCUT2D eigenvalue weighted by Crippen LogP contribution is -2.30. The number of aryl methyl sites for hydroxylation is 1. The van der Waals surface area contributed by atoms with Crippen molar-refractivity contribution in [3.8, 4) is 17.0 Å². The predicted molar refractivity (Wildman–Crippen MR) is 141 cm³/mol. The molecule has 0 spiro atoms. The summed E-state index contributed by atoms with van der Waals surface area (Å²) in [5, 5.41) is 30.8. The molecule has 38 heavy (non-hydrogen) atoms. The zero-order valence-corrected chi connectivity index (χ0v) is 21.0. The highest BCUT2D eigenvalue weighted by molar-refractivity contribution is 5.96. The maximum atomic E-state index is 12.3. The molecule has 1 atom stereocenters. The molecule has 4 aromatic rings. The van der Waals surface area contributed by atoms with Crippen molar-refractivity contribution in [3.63, 3.8) is 0 Å². The number of nitrogens with zero attached hydrogens (tertiary/aromatic N) is 3. The minimum atomic E-state index is -1.20. The molecule has 1 unspecified atom stereocenters. The summed E-state index contributed by atoms with van der Waals surface area (Å²) in [5.41, 5.74) is 5.76. The number of hydrogen-bond donors (Lipinski definition) is 4. The van der Waals surface area contributed by atoms with Gasteiger partial charge < -0.3 is 20.6 Å². The number of pyridine rings is 1. The van der Waals surface area contributed by atoms with Crippen molar-refractivity contribution in [2.45, 2.75) is 32.8 Å². The third-order valence-electron chi connectivity index (χ3n) is 6.03. The standard InChI is InChI=1S/C29H28N4O5/c1-17-28(37)27(29(38)31-16-26(35)36)33-25(32-17)14-20-5-10-23(11-6-20)24-12-7-21(15-30-24)13-19-3-8-22(9-4-19)18(2)34/h3-12,15,18,34,37H,13-14,16H2,1-2H3,(H,31,38)(H,35,36). The van der Waals surface area contributed by atoms with Gasteiger partial charge in [0.25, 0.3) is 5.91 Å². The second-order valence-corrected chi connectivity index (χ2v) is 9.02. The molecule has 9 nitrogen and oxygen atoms in total. The molecule has 0 aliphatic carbocycles. The van der Waals surface area contributed by atoms with E-state index in [0.717, 1.165) is 39.9 Å². The molecule has 0 saturated carbocycles. The molecule has 0 aliphatic rings. The Bertz CT molecular complexity index is 1430. The van der Waals surface area contributed by atoms with Crippen LogP contribution in [0.15, 0.2) is 66.9 Å². The van der Waals surface area contributed by atoms with Crippen LogP contribution in [0.1, 0.15) is 57.3 Å². The van der Waals surface area contributed by atoms with E-state index in [4.69, 9.17) is 5.11 Å². The number of rotatable bonds is 9. The number of benzene rings is 2. The number of aromatic hydroxyl groups is 1. The second kappa shape index (κ2) is 11.6. The first-order chi connectivity index (χ1) is 18.2. The van der Waals surface area contributed by atoms with Gasteiger partial charge in [-0.3, -0.25) is 14.6 Å². The number of aliphatic hydroxyl groups is 1. The fourth-order valence-electron chi connectivity index (χ4n) is 3.93. The molecule has 4 rings (SSSR count). The Morgan fingerprint density at radius 2 is 1.53 bits per heavy atom. The summed E-state index contributed by atoms with van der Waals surface area (Å²) in [6.45, 7) is 2.72. The van der Waals surface area contributed by atoms with Crippen LogP contribution in [0.2, 0.25) is 0 Å². The highest BCUT2D eigenvalue weighted by Gasteiger charge is 2.18. The fraction of sp³-hybridized carbons (Fsp3) is 0.207. The highest BCUT2D eigenvalue weighted by atomic mass is 16.4. The van der Waals surface area contributed by atoms with Gasteiger partial charge in [-0.2, -0.15) is 0 Å². The molecule has 2 aromatic carbocycles. The molecule has 0 radical (unpaired) electrons. The van der Waals surface area contributed by atoms with Crippen LogP contribution in [0.4, 0.5) is 0 Å². The number of hydrogen-bond acceptors (Lipinski definition) is 7. The summed E-state index contributed by atoms with van der Waals surface area (Å²) < 4.78 is 0. The Kier molecular flexibility index (Phi) is 8.08. The van der Waals surface area contributed by atoms with Gasteiger partial charge in [-0.25, -0.2) is 9.97 Å². The maximum absolute atomic E-state index is 12.3. The van der Waals surface area contributed by atoms with Crippen molar-refractivity contribution >= 4 is 11.9 Å². The van der Waals surface area contributed by atoms with Gasteiger partial charge >= 0.3 is 5.97 Å². The lowest BCUT2D eigenvalue weighted by molar-refractivity contribution is -0.135. The Labute approximate surface area is 219 Å². The Hall–Kier alpha value is -4.63. The molecular formula is C29H28N4O5. The maximum Gasteiger partial charge on any atom is 0.322 e. The Morgan fingerprint density at radius 3 is 2.13 bits per heavy atom. The van der Waals surface area contributed by atoms with Crippen LogP contribution in [0.3, 0.4) is 0 Å². The lowest BCUT2D eigenvalue weighted by Gasteiger charge is -2.10. The van der Waals surface area contributed by atoms with Crippen molar-refractivity contribution in [1.82, 2.24) is 20.3 Å². The van der Waals surface area contributed by atoms with Crippen LogP contribution in [0.5, 0.6) is 5.75 Å². The normalized spacial score (nSPS) is 11.7. The summed E-state index contributed by atoms with van der Waals surface area (Å²) in [4.78, 5) is 36.0. The van der Waals surface area contributed by atoms with E-state index in [9.17, 15) is 19.8 Å². The lowest BCUT2D eigenvalue weighted by atomic mass is 10.0. The number of aromatic nitrogens is 3. The molecule has 0 saturated heterocycles. The summed E-state index contributed by atoms with van der Waals surface area (Å²) in [7, 11) is 0. The number of nitrogens with one attached hydrogen (secondary N) is 1. The second-order valence-electron chi connectivity index (χ2n) is 9.02. The fourth-order valence-corrected chi connectivity index (χ4v) is 3.93. The minimum Gasteiger partial charge on any atom is -0.504 e. The van der Waals surface area contributed by atoms with Gasteiger partial charge in [-0.1, -0.05) is 54.6 Å². The molecular weight excluding hydrogens is 484 g/mol. The average molecular weight is 513 g/mol. The number of aliphatic hydroxyl groups excluding tert-OH is 1. The summed E-state index contributed by atoms with van der Waals surface area (Å²) in [6.07, 6.45) is 2.44. The van der Waals surface area contributed by atoms with Gasteiger partial charge in [0.1, 0.15) is 12.4 Å². The van der Waals surface area contributed by atoms with Gasteiger partial charge in [0, 0.05) is 18.2 Å². The molecule has 4 N–H and O–H groups in total. The Balaban J connectivity index is 1.43. The molecule has 2 aromatic heterocycles. The topological polar surface area (TPSA) is 146 Å². The van der Waals surface area contributed by atoms with Crippen molar-refractivity contribution in [2.75, 3.05) is 6.54 Å². The van der Waals surface area contributed by atoms with Crippen LogP contribution < -0.4 is 5.32 Å². The minimum absolute atomic E-state index is 0.232. The third-order valence-corrected chi connectivity index (χ3v) is 6.03. The van der Waals surface area contributed by atoms with Crippen molar-refractivity contribution < 1.29 is 24.9 Å². The smallest absolute Gasteiger partial charge is 0.322 e. The van der Waals surface area contributed by atoms with Crippen molar-refractivity contribution in [1.29, 1.82) is 0 Å². The van der Waals surface area contributed by atoms with E-state index in [1.54, 1.807) is 13.8 Å². The number of carboxylic acid groups (broad SMARTS) is 1. The number of amides is 1. The van der Waals surface area contributed by atoms with Crippen LogP contribution >= 0.6 is 0 Å². The quantitative estimate of drug-likeness (QED) is 0.266. The molecule has 9 heteroatoms. The van der Waals surface area contributed by atoms with E-state index in [1.807, 2.05) is 66.9 Å². The summed E-state index contributed by atoms with van der Waals surface area (Å²) >= 11 is 0. The molecule has 0 aliphatic heterocycles. The average Bonchev–Trinajstić information content (AvgIpc) is 2.90. The van der Waals surface area contributed by atoms with E-state index < -0.39 is 24.5 Å². The van der Waals surface area contributed by atoms with Crippen LogP contribution in [-0.4, -0.2) is 48.7 Å². The summed E-state index contributed by atoms with van der Waals surface area (Å²) in [5.74, 6) is -2.02. The molecule has 194 valence electrons. The van der Waals surface area contributed by atoms with E-state index in [-0.39, 0.29) is 17.1 Å². The van der Waals surface area contributed by atoms with Gasteiger partial charge in [-0.15, -0.1) is 0 Å². The van der Waals surface area contributed by atoms with E-state index >= 15 is 0 Å². The predicted octanol–water partition coefficient (Wildman–Crippen LogP) is 3.60. The van der Waals surface area contributed by atoms with Crippen LogP contribution in [-0.2, 0) is 17.6 Å². The SMILES string of the molecule is Cc1nc(Cc2ccc(-c3ccc(Cc4ccc(C(C)O)cc4)cn3)cc2)nc(C(=O)NCC(=O)O)c1O. The molecule has 0 bridgehead atoms. The van der Waals surface area contributed by atoms with Crippen molar-refractivity contribution in [3.05, 3.63) is 106 Å². The first kappa shape index (κ1) is 26.4. The number of aliphatic carboxylic acids is 1. The molecule has 2 heterocycles. The van der Waals surface area contributed by atoms with Crippen molar-refractivity contribution in [2.24, 2.45) is 0 Å². The van der Waals surface area contributed by atoms with E-state index in [0.29, 0.717) is 12.2 Å². The first-order valence-electron chi connectivity index (χ1n) is 12.1. The monoisotopic (exact) mass is 512 g/mol. The van der Waals surface area contributed by atoms with Gasteiger partial charge in [0.2, 0.25) is 0 Å². The van der Waals surface area contributed by atoms with Gasteiger partial charge in [0.15, 0.2) is 11.4 Å². The first-order valence-corrected chi connectivity index (χ1v) is 12.1. The highest BCUT2D eigenvalue weighted by Crippen LogP contribution is 2.22. The molecule has 0 fully saturated rings. The van der Waals surface area contributed by atoms with Gasteiger partial charge in [0.05, 0.1) is 17.5 Å². The number of carbonyl (C=O) groups is 2. The van der Waals surface area contributed by atoms with Crippen LogP contribution in [0, 0.1) is 6.92 Å². The molecule has 1 amide bonds. The zero-order chi connectivity index (χ0) is 27.2. The third kappa shape index (κ3) is 6.57. The summed E-state index contributed by atoms with van der Waals surface area (Å²) in [6, 6.07) is 19.6. The Morgan fingerprint density at radius 1 is 0.895 bits per heavy atom. The van der Waals surface area contributed by atoms with E-state index in [1.165, 1.54) is 0 Å². The van der Waals surface area contributed by atoms with Crippen LogP contribution in [0.25, 0.3) is 11.3 Å². The van der Waals surface area contributed by atoms with E-state index in [2.05, 4.69) is 20.3 Å². The zero-order valence-electron chi connectivity index (χ0n) is 21.0. The number of carbonyl (C=O) groups excluding carboxylic acids is 1. The largest absolute Gasteiger partial charge is 0.504 e. The van der Waals surface area contributed by atoms with Gasteiger partial charge in [-0.05, 0) is 48.6 Å².